The van der Waals surface area contributed by atoms with Gasteiger partial charge >= 0.3 is 6.18 Å². The third kappa shape index (κ3) is 3.82. The highest BCUT2D eigenvalue weighted by Crippen LogP contribution is 2.37. The summed E-state index contributed by atoms with van der Waals surface area (Å²) in [5.74, 6) is 0. The van der Waals surface area contributed by atoms with E-state index >= 15 is 0 Å². The van der Waals surface area contributed by atoms with Crippen LogP contribution in [0.5, 0.6) is 0 Å². The maximum Gasteiger partial charge on any atom is 0.417 e. The molecule has 0 aliphatic rings. The van der Waals surface area contributed by atoms with Gasteiger partial charge in [0.05, 0.1) is 5.56 Å². The predicted molar refractivity (Wildman–Crippen MR) is 76.7 cm³/mol. The first-order valence-electron chi connectivity index (χ1n) is 6.84. The van der Waals surface area contributed by atoms with Crippen LogP contribution in [0.3, 0.4) is 0 Å². The molecule has 1 N–H and O–H groups in total. The average molecular weight is 294 g/mol. The molecule has 21 heavy (non-hydrogen) atoms. The SMILES string of the molecule is CCCNCc1ccccc1-c1cnccc1C(F)(F)F. The van der Waals surface area contributed by atoms with E-state index in [9.17, 15) is 13.2 Å². The van der Waals surface area contributed by atoms with Gasteiger partial charge in [0, 0.05) is 24.5 Å². The van der Waals surface area contributed by atoms with Crippen molar-refractivity contribution in [3.05, 3.63) is 53.9 Å². The summed E-state index contributed by atoms with van der Waals surface area (Å²) >= 11 is 0. The van der Waals surface area contributed by atoms with Crippen molar-refractivity contribution < 1.29 is 13.2 Å². The molecule has 0 aliphatic heterocycles. The zero-order valence-electron chi connectivity index (χ0n) is 11.7. The Balaban J connectivity index is 2.43. The van der Waals surface area contributed by atoms with Gasteiger partial charge in [0.2, 0.25) is 0 Å². The number of aromatic nitrogens is 1. The normalized spacial score (nSPS) is 11.6. The Morgan fingerprint density at radius 2 is 1.86 bits per heavy atom. The molecule has 0 saturated heterocycles. The van der Waals surface area contributed by atoms with Gasteiger partial charge in [-0.2, -0.15) is 13.2 Å². The molecule has 0 saturated carbocycles. The van der Waals surface area contributed by atoms with Crippen molar-refractivity contribution in [2.24, 2.45) is 0 Å². The smallest absolute Gasteiger partial charge is 0.313 e. The van der Waals surface area contributed by atoms with Crippen LogP contribution in [0.25, 0.3) is 11.1 Å². The van der Waals surface area contributed by atoms with Gasteiger partial charge in [0.25, 0.3) is 0 Å². The molecule has 0 aliphatic carbocycles. The Morgan fingerprint density at radius 3 is 2.57 bits per heavy atom. The van der Waals surface area contributed by atoms with Crippen molar-refractivity contribution in [1.82, 2.24) is 10.3 Å². The zero-order chi connectivity index (χ0) is 15.3. The summed E-state index contributed by atoms with van der Waals surface area (Å²) < 4.78 is 39.4. The Kier molecular flexibility index (Phi) is 4.96. The molecule has 1 aromatic heterocycles. The summed E-state index contributed by atoms with van der Waals surface area (Å²) in [5.41, 5.74) is 0.880. The first-order valence-corrected chi connectivity index (χ1v) is 6.84. The molecule has 2 nitrogen and oxygen atoms in total. The molecule has 0 unspecified atom stereocenters. The summed E-state index contributed by atoms with van der Waals surface area (Å²) in [6, 6.07) is 8.13. The minimum Gasteiger partial charge on any atom is -0.313 e. The molecule has 112 valence electrons. The molecule has 0 atom stereocenters. The molecule has 0 fully saturated rings. The lowest BCUT2D eigenvalue weighted by Crippen LogP contribution is -2.15. The summed E-state index contributed by atoms with van der Waals surface area (Å²) in [6.07, 6.45) is -0.961. The average Bonchev–Trinajstić information content (AvgIpc) is 2.47. The van der Waals surface area contributed by atoms with Crippen LogP contribution in [-0.2, 0) is 12.7 Å². The van der Waals surface area contributed by atoms with E-state index in [-0.39, 0.29) is 5.56 Å². The van der Waals surface area contributed by atoms with Crippen LogP contribution in [0.1, 0.15) is 24.5 Å². The second kappa shape index (κ2) is 6.72. The van der Waals surface area contributed by atoms with Gasteiger partial charge < -0.3 is 5.32 Å². The molecule has 1 heterocycles. The lowest BCUT2D eigenvalue weighted by Gasteiger charge is -2.15. The molecule has 5 heteroatoms. The third-order valence-corrected chi connectivity index (χ3v) is 3.18. The molecule has 0 radical (unpaired) electrons. The fourth-order valence-electron chi connectivity index (χ4n) is 2.19. The largest absolute Gasteiger partial charge is 0.417 e. The fraction of sp³-hybridized carbons (Fsp3) is 0.312. The Hall–Kier alpha value is -1.88. The van der Waals surface area contributed by atoms with Crippen LogP contribution in [-0.4, -0.2) is 11.5 Å². The number of nitrogens with zero attached hydrogens (tertiary/aromatic N) is 1. The third-order valence-electron chi connectivity index (χ3n) is 3.18. The predicted octanol–water partition coefficient (Wildman–Crippen LogP) is 4.27. The van der Waals surface area contributed by atoms with Gasteiger partial charge in [0.1, 0.15) is 0 Å². The highest BCUT2D eigenvalue weighted by Gasteiger charge is 2.33. The zero-order valence-corrected chi connectivity index (χ0v) is 11.7. The summed E-state index contributed by atoms with van der Waals surface area (Å²) in [7, 11) is 0. The lowest BCUT2D eigenvalue weighted by molar-refractivity contribution is -0.137. The van der Waals surface area contributed by atoms with E-state index in [4.69, 9.17) is 0 Å². The number of rotatable bonds is 5. The first-order chi connectivity index (χ1) is 10.0. The number of hydrogen-bond donors (Lipinski definition) is 1. The van der Waals surface area contributed by atoms with Crippen molar-refractivity contribution in [3.63, 3.8) is 0 Å². The molecular weight excluding hydrogens is 277 g/mol. The molecule has 0 spiro atoms. The van der Waals surface area contributed by atoms with Crippen LogP contribution in [0.15, 0.2) is 42.7 Å². The maximum atomic E-state index is 13.1. The second-order valence-corrected chi connectivity index (χ2v) is 4.75. The minimum atomic E-state index is -4.39. The molecule has 1 aromatic carbocycles. The van der Waals surface area contributed by atoms with Crippen LogP contribution >= 0.6 is 0 Å². The van der Waals surface area contributed by atoms with Gasteiger partial charge in [-0.3, -0.25) is 4.98 Å². The van der Waals surface area contributed by atoms with E-state index in [0.29, 0.717) is 12.1 Å². The highest BCUT2D eigenvalue weighted by atomic mass is 19.4. The van der Waals surface area contributed by atoms with Crippen molar-refractivity contribution in [1.29, 1.82) is 0 Å². The van der Waals surface area contributed by atoms with Crippen molar-refractivity contribution >= 4 is 0 Å². The first kappa shape index (κ1) is 15.5. The van der Waals surface area contributed by atoms with Crippen LogP contribution in [0, 0.1) is 0 Å². The number of alkyl halides is 3. The van der Waals surface area contributed by atoms with Crippen molar-refractivity contribution in [3.8, 4) is 11.1 Å². The highest BCUT2D eigenvalue weighted by molar-refractivity contribution is 5.70. The Morgan fingerprint density at radius 1 is 1.10 bits per heavy atom. The van der Waals surface area contributed by atoms with E-state index in [1.807, 2.05) is 19.1 Å². The standard InChI is InChI=1S/C16H17F3N2/c1-2-8-20-10-12-5-3-4-6-13(12)14-11-21-9-7-15(14)16(17,18)19/h3-7,9,11,20H,2,8,10H2,1H3. The van der Waals surface area contributed by atoms with Crippen LogP contribution in [0.2, 0.25) is 0 Å². The van der Waals surface area contributed by atoms with E-state index in [1.165, 1.54) is 12.4 Å². The summed E-state index contributed by atoms with van der Waals surface area (Å²) in [5, 5.41) is 3.22. The van der Waals surface area contributed by atoms with E-state index < -0.39 is 11.7 Å². The molecule has 0 amide bonds. The molecule has 2 aromatic rings. The number of halogens is 3. The van der Waals surface area contributed by atoms with Gasteiger partial charge in [-0.05, 0) is 30.2 Å². The Bertz CT molecular complexity index is 594. The molecule has 0 bridgehead atoms. The topological polar surface area (TPSA) is 24.9 Å². The van der Waals surface area contributed by atoms with E-state index in [2.05, 4.69) is 10.3 Å². The van der Waals surface area contributed by atoms with Gasteiger partial charge in [0.15, 0.2) is 0 Å². The van der Waals surface area contributed by atoms with Crippen molar-refractivity contribution in [2.45, 2.75) is 26.1 Å². The lowest BCUT2D eigenvalue weighted by atomic mass is 9.97. The Labute approximate surface area is 122 Å². The summed E-state index contributed by atoms with van der Waals surface area (Å²) in [6.45, 7) is 3.41. The van der Waals surface area contributed by atoms with Crippen LogP contribution < -0.4 is 5.32 Å². The number of benzene rings is 1. The summed E-state index contributed by atoms with van der Waals surface area (Å²) in [4.78, 5) is 3.85. The second-order valence-electron chi connectivity index (χ2n) is 4.75. The molecular formula is C16H17F3N2. The monoisotopic (exact) mass is 294 g/mol. The van der Waals surface area contributed by atoms with E-state index in [0.717, 1.165) is 24.6 Å². The van der Waals surface area contributed by atoms with Crippen LogP contribution in [0.4, 0.5) is 13.2 Å². The minimum absolute atomic E-state index is 0.124. The number of pyridine rings is 1. The maximum absolute atomic E-state index is 13.1. The van der Waals surface area contributed by atoms with Gasteiger partial charge in [-0.25, -0.2) is 0 Å². The number of nitrogens with one attached hydrogen (secondary N) is 1. The fourth-order valence-corrected chi connectivity index (χ4v) is 2.19. The molecule has 2 rings (SSSR count). The number of hydrogen-bond acceptors (Lipinski definition) is 2. The van der Waals surface area contributed by atoms with Gasteiger partial charge in [-0.1, -0.05) is 31.2 Å². The van der Waals surface area contributed by atoms with Gasteiger partial charge in [-0.15, -0.1) is 0 Å². The quantitative estimate of drug-likeness (QED) is 0.833. The van der Waals surface area contributed by atoms with Crippen molar-refractivity contribution in [2.75, 3.05) is 6.54 Å². The van der Waals surface area contributed by atoms with E-state index in [1.54, 1.807) is 12.1 Å².